The third-order valence-electron chi connectivity index (χ3n) is 1.66. The molecule has 11 heavy (non-hydrogen) atoms. The van der Waals surface area contributed by atoms with Crippen LogP contribution in [-0.4, -0.2) is 12.3 Å². The van der Waals surface area contributed by atoms with Crippen molar-refractivity contribution in [2.75, 3.05) is 12.3 Å². The second-order valence-corrected chi connectivity index (χ2v) is 5.93. The molecule has 0 radical (unpaired) electrons. The van der Waals surface area contributed by atoms with Crippen molar-refractivity contribution in [2.24, 2.45) is 0 Å². The fourth-order valence-electron chi connectivity index (χ4n) is 1.20. The highest BCUT2D eigenvalue weighted by Gasteiger charge is 2.03. The first-order chi connectivity index (χ1) is 5.36. The number of hydrogen-bond acceptors (Lipinski definition) is 0. The van der Waals surface area contributed by atoms with Gasteiger partial charge >= 0.3 is 0 Å². The van der Waals surface area contributed by atoms with Gasteiger partial charge in [0.05, 0.1) is 0 Å². The van der Waals surface area contributed by atoms with Gasteiger partial charge in [-0.05, 0) is 29.4 Å². The summed E-state index contributed by atoms with van der Waals surface area (Å²) in [5.74, 6) is 0. The van der Waals surface area contributed by atoms with Crippen LogP contribution in [0.5, 0.6) is 0 Å². The van der Waals surface area contributed by atoms with Gasteiger partial charge in [0.2, 0.25) is 0 Å². The Balaban J connectivity index is 2.36. The predicted molar refractivity (Wildman–Crippen MR) is 58.5 cm³/mol. The Hall–Kier alpha value is 0.340. The zero-order chi connectivity index (χ0) is 8.10. The van der Waals surface area contributed by atoms with Crippen molar-refractivity contribution in [2.45, 2.75) is 20.3 Å². The van der Waals surface area contributed by atoms with E-state index in [0.29, 0.717) is 0 Å². The van der Waals surface area contributed by atoms with Crippen LogP contribution in [-0.2, 0) is 0 Å². The van der Waals surface area contributed by atoms with Gasteiger partial charge in [0.1, 0.15) is 0 Å². The van der Waals surface area contributed by atoms with E-state index >= 15 is 0 Å². The molecule has 0 fully saturated rings. The van der Waals surface area contributed by atoms with Crippen LogP contribution < -0.4 is 0 Å². The molecule has 0 heterocycles. The van der Waals surface area contributed by atoms with E-state index in [0.717, 1.165) is 17.2 Å². The first-order valence-electron chi connectivity index (χ1n) is 4.25. The zero-order valence-corrected chi connectivity index (χ0v) is 9.28. The molecule has 0 N–H and O–H groups in total. The largest absolute Gasteiger partial charge is 0.0948 e. The quantitative estimate of drug-likeness (QED) is 0.589. The lowest BCUT2D eigenvalue weighted by Crippen LogP contribution is -1.66. The minimum Gasteiger partial charge on any atom is -0.0948 e. The first-order valence-corrected chi connectivity index (χ1v) is 6.66. The lowest BCUT2D eigenvalue weighted by Gasteiger charge is -1.96. The van der Waals surface area contributed by atoms with E-state index in [4.69, 9.17) is 0 Å². The second-order valence-electron chi connectivity index (χ2n) is 2.59. The van der Waals surface area contributed by atoms with Crippen LogP contribution in [0.1, 0.15) is 20.3 Å². The molecule has 2 heteroatoms. The van der Waals surface area contributed by atoms with Crippen LogP contribution >= 0.6 is 17.2 Å². The molecule has 0 spiro atoms. The molecule has 0 bridgehead atoms. The molecular formula is C9H16P2. The van der Waals surface area contributed by atoms with Crippen LogP contribution in [0, 0.1) is 0 Å². The molecule has 0 aliphatic heterocycles. The maximum Gasteiger partial charge on any atom is -0.00861 e. The molecule has 2 unspecified atom stereocenters. The highest BCUT2D eigenvalue weighted by molar-refractivity contribution is 7.44. The Morgan fingerprint density at radius 3 is 2.64 bits per heavy atom. The van der Waals surface area contributed by atoms with E-state index in [9.17, 15) is 0 Å². The van der Waals surface area contributed by atoms with Crippen LogP contribution in [0.2, 0.25) is 0 Å². The van der Waals surface area contributed by atoms with Crippen molar-refractivity contribution in [3.8, 4) is 0 Å². The van der Waals surface area contributed by atoms with Crippen molar-refractivity contribution in [1.82, 2.24) is 0 Å². The van der Waals surface area contributed by atoms with Crippen molar-refractivity contribution in [3.05, 3.63) is 22.8 Å². The summed E-state index contributed by atoms with van der Waals surface area (Å²) in [7, 11) is 2.12. The Labute approximate surface area is 73.1 Å². The standard InChI is InChI=1S/C9H16P2/c1-3-10-8-5-6-9(7-8)11-4-2/h5,7,10-11H,3-4,6H2,1-2H3. The monoisotopic (exact) mass is 186 g/mol. The van der Waals surface area contributed by atoms with Crippen LogP contribution in [0.3, 0.4) is 0 Å². The Morgan fingerprint density at radius 2 is 2.00 bits per heavy atom. The minimum absolute atomic E-state index is 1.05. The Bertz CT molecular complexity index is 180. The van der Waals surface area contributed by atoms with Gasteiger partial charge in [-0.2, -0.15) is 0 Å². The predicted octanol–water partition coefficient (Wildman–Crippen LogP) is 3.55. The minimum atomic E-state index is 1.05. The number of allylic oxidation sites excluding steroid dienone is 4. The smallest absolute Gasteiger partial charge is 0.00861 e. The summed E-state index contributed by atoms with van der Waals surface area (Å²) < 4.78 is 0. The molecule has 0 aromatic heterocycles. The average molecular weight is 186 g/mol. The van der Waals surface area contributed by atoms with Crippen LogP contribution in [0.25, 0.3) is 0 Å². The van der Waals surface area contributed by atoms with Crippen molar-refractivity contribution in [3.63, 3.8) is 0 Å². The third-order valence-corrected chi connectivity index (χ3v) is 3.92. The van der Waals surface area contributed by atoms with Crippen molar-refractivity contribution >= 4 is 17.2 Å². The lowest BCUT2D eigenvalue weighted by molar-refractivity contribution is 1.39. The second kappa shape index (κ2) is 5.07. The lowest BCUT2D eigenvalue weighted by atomic mass is 10.5. The fourth-order valence-corrected chi connectivity index (χ4v) is 3.24. The Morgan fingerprint density at radius 1 is 1.27 bits per heavy atom. The third kappa shape index (κ3) is 3.06. The highest BCUT2D eigenvalue weighted by Crippen LogP contribution is 2.38. The Kier molecular flexibility index (Phi) is 4.34. The van der Waals surface area contributed by atoms with Gasteiger partial charge in [-0.3, -0.25) is 0 Å². The maximum absolute atomic E-state index is 2.42. The molecule has 0 saturated carbocycles. The topological polar surface area (TPSA) is 0 Å². The molecular weight excluding hydrogens is 170 g/mol. The van der Waals surface area contributed by atoms with Crippen molar-refractivity contribution < 1.29 is 0 Å². The molecule has 0 saturated heterocycles. The van der Waals surface area contributed by atoms with Gasteiger partial charge in [0.25, 0.3) is 0 Å². The number of hydrogen-bond donors (Lipinski definition) is 0. The molecule has 1 rings (SSSR count). The van der Waals surface area contributed by atoms with E-state index in [1.165, 1.54) is 18.7 Å². The van der Waals surface area contributed by atoms with Crippen LogP contribution in [0.15, 0.2) is 22.8 Å². The summed E-state index contributed by atoms with van der Waals surface area (Å²) in [5.41, 5.74) is 0. The maximum atomic E-state index is 2.42. The normalized spacial score (nSPS) is 18.7. The molecule has 0 nitrogen and oxygen atoms in total. The highest BCUT2D eigenvalue weighted by atomic mass is 31.1. The summed E-state index contributed by atoms with van der Waals surface area (Å²) in [6.45, 7) is 4.52. The number of rotatable bonds is 4. The van der Waals surface area contributed by atoms with E-state index in [2.05, 4.69) is 26.0 Å². The summed E-state index contributed by atoms with van der Waals surface area (Å²) in [5, 5.41) is 3.27. The molecule has 0 amide bonds. The summed E-state index contributed by atoms with van der Waals surface area (Å²) in [6.07, 6.45) is 8.70. The van der Waals surface area contributed by atoms with E-state index in [1.807, 2.05) is 0 Å². The summed E-state index contributed by atoms with van der Waals surface area (Å²) >= 11 is 0. The van der Waals surface area contributed by atoms with Crippen molar-refractivity contribution in [1.29, 1.82) is 0 Å². The summed E-state index contributed by atoms with van der Waals surface area (Å²) in [4.78, 5) is 0. The summed E-state index contributed by atoms with van der Waals surface area (Å²) in [6, 6.07) is 0. The molecule has 0 aromatic carbocycles. The van der Waals surface area contributed by atoms with Gasteiger partial charge in [-0.25, -0.2) is 0 Å². The van der Waals surface area contributed by atoms with Gasteiger partial charge in [0, 0.05) is 0 Å². The van der Waals surface area contributed by atoms with Gasteiger partial charge in [-0.15, -0.1) is 0 Å². The van der Waals surface area contributed by atoms with E-state index in [1.54, 1.807) is 10.6 Å². The molecule has 0 aromatic rings. The van der Waals surface area contributed by atoms with Crippen LogP contribution in [0.4, 0.5) is 0 Å². The van der Waals surface area contributed by atoms with E-state index < -0.39 is 0 Å². The molecule has 62 valence electrons. The van der Waals surface area contributed by atoms with Gasteiger partial charge in [0.15, 0.2) is 0 Å². The zero-order valence-electron chi connectivity index (χ0n) is 7.28. The fraction of sp³-hybridized carbons (Fsp3) is 0.556. The average Bonchev–Trinajstić information content (AvgIpc) is 2.38. The molecule has 2 atom stereocenters. The first kappa shape index (κ1) is 9.43. The SMILES string of the molecule is CCPC1=CCC(PCC)=C1. The molecule has 1 aliphatic carbocycles. The van der Waals surface area contributed by atoms with Gasteiger partial charge < -0.3 is 0 Å². The van der Waals surface area contributed by atoms with E-state index in [-0.39, 0.29) is 0 Å². The van der Waals surface area contributed by atoms with Gasteiger partial charge in [-0.1, -0.05) is 43.2 Å². The molecule has 1 aliphatic rings.